The number of hydrogen-bond donors (Lipinski definition) is 0. The Balaban J connectivity index is 2.10. The minimum absolute atomic E-state index is 0.000669. The number of aryl methyl sites for hydroxylation is 1. The molecule has 0 radical (unpaired) electrons. The Morgan fingerprint density at radius 3 is 2.28 bits per heavy atom. The molecule has 140 valence electrons. The molecule has 0 saturated carbocycles. The third-order valence-corrected chi connectivity index (χ3v) is 4.19. The van der Waals surface area contributed by atoms with Crippen molar-refractivity contribution in [2.45, 2.75) is 58.3 Å². The molecule has 1 aromatic rings. The molecule has 0 saturated heterocycles. The van der Waals surface area contributed by atoms with Crippen molar-refractivity contribution in [1.82, 2.24) is 0 Å². The van der Waals surface area contributed by atoms with Crippen LogP contribution in [0.2, 0.25) is 5.02 Å². The van der Waals surface area contributed by atoms with Crippen molar-refractivity contribution in [3.05, 3.63) is 28.8 Å². The Bertz CT molecular complexity index is 546. The van der Waals surface area contributed by atoms with E-state index in [4.69, 9.17) is 32.7 Å². The molecule has 0 N–H and O–H groups in total. The summed E-state index contributed by atoms with van der Waals surface area (Å²) in [4.78, 5) is 23.4. The van der Waals surface area contributed by atoms with Gasteiger partial charge in [0.15, 0.2) is 0 Å². The average molecular weight is 389 g/mol. The second-order valence-electron chi connectivity index (χ2n) is 5.91. The van der Waals surface area contributed by atoms with Gasteiger partial charge >= 0.3 is 11.9 Å². The maximum absolute atomic E-state index is 11.8. The zero-order chi connectivity index (χ0) is 18.5. The number of ether oxygens (including phenoxy) is 2. The van der Waals surface area contributed by atoms with Gasteiger partial charge in [0.25, 0.3) is 0 Å². The van der Waals surface area contributed by atoms with Crippen LogP contribution in [0, 0.1) is 6.92 Å². The summed E-state index contributed by atoms with van der Waals surface area (Å²) >= 11 is 11.5. The molecule has 0 aliphatic heterocycles. The van der Waals surface area contributed by atoms with Crippen molar-refractivity contribution in [3.63, 3.8) is 0 Å². The summed E-state index contributed by atoms with van der Waals surface area (Å²) < 4.78 is 10.4. The summed E-state index contributed by atoms with van der Waals surface area (Å²) in [5.74, 6) is 0.350. The maximum Gasteiger partial charge on any atom is 0.311 e. The van der Waals surface area contributed by atoms with Crippen LogP contribution in [-0.4, -0.2) is 24.4 Å². The van der Waals surface area contributed by atoms with E-state index in [0.29, 0.717) is 17.4 Å². The van der Waals surface area contributed by atoms with Crippen LogP contribution in [0.1, 0.15) is 56.9 Å². The summed E-state index contributed by atoms with van der Waals surface area (Å²) in [6.45, 7) is 2.21. The Morgan fingerprint density at radius 2 is 1.60 bits per heavy atom. The van der Waals surface area contributed by atoms with Crippen molar-refractivity contribution in [2.24, 2.45) is 0 Å². The number of esters is 2. The van der Waals surface area contributed by atoms with Crippen LogP contribution in [0.5, 0.6) is 5.75 Å². The summed E-state index contributed by atoms with van der Waals surface area (Å²) in [7, 11) is 0. The maximum atomic E-state index is 11.8. The summed E-state index contributed by atoms with van der Waals surface area (Å²) in [5, 5.41) is 0.583. The van der Waals surface area contributed by atoms with Gasteiger partial charge in [-0.1, -0.05) is 37.3 Å². The first-order valence-electron chi connectivity index (χ1n) is 8.71. The highest BCUT2D eigenvalue weighted by Gasteiger charge is 2.11. The molecule has 0 aromatic heterocycles. The minimum atomic E-state index is -0.457. The zero-order valence-corrected chi connectivity index (χ0v) is 16.2. The van der Waals surface area contributed by atoms with E-state index in [9.17, 15) is 9.59 Å². The largest absolute Gasteiger partial charge is 0.466 e. The highest BCUT2D eigenvalue weighted by atomic mass is 35.5. The molecule has 4 nitrogen and oxygen atoms in total. The lowest BCUT2D eigenvalue weighted by Crippen LogP contribution is -2.13. The van der Waals surface area contributed by atoms with E-state index in [1.165, 1.54) is 0 Å². The number of alkyl halides is 1. The topological polar surface area (TPSA) is 52.6 Å². The molecular weight excluding hydrogens is 363 g/mol. The quantitative estimate of drug-likeness (QED) is 0.206. The van der Waals surface area contributed by atoms with Gasteiger partial charge in [-0.25, -0.2) is 0 Å². The second-order valence-corrected chi connectivity index (χ2v) is 6.73. The van der Waals surface area contributed by atoms with Gasteiger partial charge in [0.2, 0.25) is 0 Å². The first-order valence-corrected chi connectivity index (χ1v) is 9.62. The standard InChI is InChI=1S/C19H26Cl2O4/c1-15-14-16(21)8-9-17(15)25-19(23)11-10-18(22)24-13-7-5-3-2-4-6-12-20/h8-9,14H,2-7,10-13H2,1H3. The van der Waals surface area contributed by atoms with Gasteiger partial charge < -0.3 is 9.47 Å². The van der Waals surface area contributed by atoms with E-state index in [1.54, 1.807) is 25.1 Å². The molecule has 0 unspecified atom stereocenters. The van der Waals surface area contributed by atoms with Crippen LogP contribution in [-0.2, 0) is 14.3 Å². The average Bonchev–Trinajstić information content (AvgIpc) is 2.58. The number of hydrogen-bond acceptors (Lipinski definition) is 4. The minimum Gasteiger partial charge on any atom is -0.466 e. The molecule has 25 heavy (non-hydrogen) atoms. The van der Waals surface area contributed by atoms with Crippen LogP contribution in [0.3, 0.4) is 0 Å². The van der Waals surface area contributed by atoms with Gasteiger partial charge in [-0.05, 0) is 43.5 Å². The number of rotatable bonds is 12. The molecule has 6 heteroatoms. The van der Waals surface area contributed by atoms with Gasteiger partial charge in [-0.15, -0.1) is 11.6 Å². The molecule has 0 heterocycles. The molecule has 0 bridgehead atoms. The lowest BCUT2D eigenvalue weighted by atomic mass is 10.1. The van der Waals surface area contributed by atoms with Gasteiger partial charge in [0.05, 0.1) is 19.4 Å². The van der Waals surface area contributed by atoms with Gasteiger partial charge in [-0.3, -0.25) is 9.59 Å². The van der Waals surface area contributed by atoms with Crippen LogP contribution in [0.15, 0.2) is 18.2 Å². The van der Waals surface area contributed by atoms with E-state index >= 15 is 0 Å². The van der Waals surface area contributed by atoms with Crippen LogP contribution in [0.4, 0.5) is 0 Å². The first kappa shape index (κ1) is 21.8. The monoisotopic (exact) mass is 388 g/mol. The summed E-state index contributed by atoms with van der Waals surface area (Å²) in [6, 6.07) is 5.01. The number of unbranched alkanes of at least 4 members (excludes halogenated alkanes) is 5. The lowest BCUT2D eigenvalue weighted by molar-refractivity contribution is -0.147. The Hall–Kier alpha value is -1.26. The molecule has 0 aliphatic carbocycles. The molecule has 0 aliphatic rings. The van der Waals surface area contributed by atoms with Crippen molar-refractivity contribution < 1.29 is 19.1 Å². The fourth-order valence-corrected chi connectivity index (χ4v) is 2.68. The number of halogens is 2. The van der Waals surface area contributed by atoms with E-state index in [-0.39, 0.29) is 18.8 Å². The third kappa shape index (κ3) is 10.4. The van der Waals surface area contributed by atoms with E-state index in [0.717, 1.165) is 50.0 Å². The predicted molar refractivity (Wildman–Crippen MR) is 100 cm³/mol. The Kier molecular flexibility index (Phi) is 11.3. The summed E-state index contributed by atoms with van der Waals surface area (Å²) in [6.07, 6.45) is 6.41. The molecule has 0 fully saturated rings. The normalized spacial score (nSPS) is 10.5. The predicted octanol–water partition coefficient (Wildman–Crippen LogP) is 5.46. The van der Waals surface area contributed by atoms with Gasteiger partial charge in [-0.2, -0.15) is 0 Å². The Morgan fingerprint density at radius 1 is 0.960 bits per heavy atom. The van der Waals surface area contributed by atoms with Crippen molar-refractivity contribution >= 4 is 35.1 Å². The van der Waals surface area contributed by atoms with Crippen LogP contribution >= 0.6 is 23.2 Å². The van der Waals surface area contributed by atoms with Crippen molar-refractivity contribution in [3.8, 4) is 5.75 Å². The van der Waals surface area contributed by atoms with Gasteiger partial charge in [0.1, 0.15) is 5.75 Å². The third-order valence-electron chi connectivity index (χ3n) is 3.69. The summed E-state index contributed by atoms with van der Waals surface area (Å²) in [5.41, 5.74) is 0.773. The molecule has 0 amide bonds. The lowest BCUT2D eigenvalue weighted by Gasteiger charge is -2.08. The SMILES string of the molecule is Cc1cc(Cl)ccc1OC(=O)CCC(=O)OCCCCCCCCCl. The Labute approximate surface area is 159 Å². The van der Waals surface area contributed by atoms with Crippen LogP contribution < -0.4 is 4.74 Å². The van der Waals surface area contributed by atoms with Crippen molar-refractivity contribution in [2.75, 3.05) is 12.5 Å². The van der Waals surface area contributed by atoms with E-state index < -0.39 is 5.97 Å². The first-order chi connectivity index (χ1) is 12.0. The molecule has 1 aromatic carbocycles. The second kappa shape index (κ2) is 13.0. The molecule has 1 rings (SSSR count). The van der Waals surface area contributed by atoms with Crippen LogP contribution in [0.25, 0.3) is 0 Å². The van der Waals surface area contributed by atoms with E-state index in [1.807, 2.05) is 0 Å². The zero-order valence-electron chi connectivity index (χ0n) is 14.7. The van der Waals surface area contributed by atoms with Crippen molar-refractivity contribution in [1.29, 1.82) is 0 Å². The molecule has 0 spiro atoms. The molecule has 0 atom stereocenters. The fraction of sp³-hybridized carbons (Fsp3) is 0.579. The molecular formula is C19H26Cl2O4. The fourth-order valence-electron chi connectivity index (χ4n) is 2.27. The highest BCUT2D eigenvalue weighted by Crippen LogP contribution is 2.22. The number of carbonyl (C=O) groups is 2. The number of benzene rings is 1. The highest BCUT2D eigenvalue weighted by molar-refractivity contribution is 6.30. The van der Waals surface area contributed by atoms with E-state index in [2.05, 4.69) is 0 Å². The number of carbonyl (C=O) groups excluding carboxylic acids is 2. The van der Waals surface area contributed by atoms with Gasteiger partial charge in [0, 0.05) is 10.9 Å². The smallest absolute Gasteiger partial charge is 0.311 e.